The predicted molar refractivity (Wildman–Crippen MR) is 172 cm³/mol. The maximum absolute atomic E-state index is 12.1. The molecule has 0 aromatic carbocycles. The Morgan fingerprint density at radius 2 is 2.02 bits per heavy atom. The molecule has 44 heavy (non-hydrogen) atoms. The number of nitrogens with one attached hydrogen (secondary N) is 1. The molecule has 5 heterocycles. The molecule has 0 saturated heterocycles. The number of nitrogen functional groups attached to an aromatic ring is 1. The molecule has 0 unspecified atom stereocenters. The van der Waals surface area contributed by atoms with Gasteiger partial charge in [0, 0.05) is 49.9 Å². The Bertz CT molecular complexity index is 1580. The van der Waals surface area contributed by atoms with Crippen LogP contribution < -0.4 is 11.1 Å². The van der Waals surface area contributed by atoms with Crippen LogP contribution in [0.5, 0.6) is 0 Å². The molecule has 236 valence electrons. The van der Waals surface area contributed by atoms with Crippen LogP contribution in [0.4, 0.5) is 20.9 Å². The van der Waals surface area contributed by atoms with Gasteiger partial charge in [0.2, 0.25) is 0 Å². The average Bonchev–Trinajstić information content (AvgIpc) is 3.76. The van der Waals surface area contributed by atoms with E-state index in [1.165, 1.54) is 23.8 Å². The molecule has 0 saturated carbocycles. The maximum Gasteiger partial charge on any atom is 0.180 e. The first-order valence-corrected chi connectivity index (χ1v) is 15.3. The lowest BCUT2D eigenvalue weighted by Crippen LogP contribution is -2.33. The molecular formula is C30H41FN10O2S. The first-order chi connectivity index (χ1) is 21.3. The highest BCUT2D eigenvalue weighted by atomic mass is 32.1. The molecule has 14 heteroatoms. The number of aromatic nitrogens is 7. The van der Waals surface area contributed by atoms with Gasteiger partial charge in [0.1, 0.15) is 11.3 Å². The number of nitrogens with zero attached hydrogens (tertiary/aromatic N) is 8. The van der Waals surface area contributed by atoms with Crippen LogP contribution in [0.15, 0.2) is 49.3 Å². The number of aldehydes is 1. The summed E-state index contributed by atoms with van der Waals surface area (Å²) in [4.78, 5) is 25.9. The highest BCUT2D eigenvalue weighted by Crippen LogP contribution is 2.28. The Balaban J connectivity index is 0.000000454. The lowest BCUT2D eigenvalue weighted by molar-refractivity contribution is -0.108. The molecule has 0 bridgehead atoms. The Kier molecular flexibility index (Phi) is 13.3. The number of carbonyl (C=O) groups excluding carboxylic acids is 1. The zero-order valence-electron chi connectivity index (χ0n) is 26.1. The molecule has 12 nitrogen and oxygen atoms in total. The SMILES string of the molecule is CC.CCOCCN(Cc1cc(Nc2nc(C)cn3c(-c4cnn(CC=O)c4)cnc23)sn1)C(C)C.Nc1ccncc1F. The standard InChI is InChI=1S/C23H30N8O2S.C5H5FN2.C2H6/c1-5-33-9-7-29(16(2)3)15-19-10-21(34-28-19)27-22-23-24-12-20(31(23)13-17(4)26-22)18-11-25-30(14-18)6-8-32;6-4-3-8-2-1-5(4)7;1-2/h8,10-14,16H,5-7,9,15H2,1-4H3,(H,26,27);1-3H,(H2,7,8);1-2H3. The lowest BCUT2D eigenvalue weighted by atomic mass is 10.3. The zero-order chi connectivity index (χ0) is 32.1. The molecule has 3 N–H and O–H groups in total. The van der Waals surface area contributed by atoms with Gasteiger partial charge in [-0.15, -0.1) is 0 Å². The molecule has 0 atom stereocenters. The van der Waals surface area contributed by atoms with Crippen molar-refractivity contribution >= 4 is 40.0 Å². The van der Waals surface area contributed by atoms with E-state index < -0.39 is 5.82 Å². The monoisotopic (exact) mass is 624 g/mol. The fraction of sp³-hybridized carbons (Fsp3) is 0.400. The number of nitrogens with two attached hydrogens (primary N) is 1. The number of ether oxygens (including phenoxy) is 1. The highest BCUT2D eigenvalue weighted by Gasteiger charge is 2.16. The second-order valence-corrected chi connectivity index (χ2v) is 10.5. The molecular weight excluding hydrogens is 583 g/mol. The van der Waals surface area contributed by atoms with Crippen molar-refractivity contribution < 1.29 is 13.9 Å². The molecule has 0 fully saturated rings. The Labute approximate surface area is 261 Å². The van der Waals surface area contributed by atoms with Gasteiger partial charge in [-0.1, -0.05) is 13.8 Å². The molecule has 5 aromatic rings. The van der Waals surface area contributed by atoms with Crippen LogP contribution in [0.2, 0.25) is 0 Å². The second kappa shape index (κ2) is 17.1. The minimum absolute atomic E-state index is 0.139. The number of hydrogen-bond donors (Lipinski definition) is 2. The third-order valence-corrected chi connectivity index (χ3v) is 6.97. The molecule has 5 rings (SSSR count). The average molecular weight is 625 g/mol. The van der Waals surface area contributed by atoms with Gasteiger partial charge >= 0.3 is 0 Å². The van der Waals surface area contributed by atoms with E-state index in [0.717, 1.165) is 59.8 Å². The summed E-state index contributed by atoms with van der Waals surface area (Å²) in [6, 6.07) is 3.88. The minimum Gasteiger partial charge on any atom is -0.396 e. The van der Waals surface area contributed by atoms with Crippen LogP contribution in [0.25, 0.3) is 16.9 Å². The number of fused-ring (bicyclic) bond motifs is 1. The number of rotatable bonds is 12. The number of hydrogen-bond acceptors (Lipinski definition) is 11. The van der Waals surface area contributed by atoms with E-state index in [9.17, 15) is 9.18 Å². The number of anilines is 3. The highest BCUT2D eigenvalue weighted by molar-refractivity contribution is 7.10. The van der Waals surface area contributed by atoms with E-state index in [-0.39, 0.29) is 12.2 Å². The quantitative estimate of drug-likeness (QED) is 0.137. The Morgan fingerprint density at radius 1 is 1.23 bits per heavy atom. The molecule has 0 amide bonds. The van der Waals surface area contributed by atoms with Crippen LogP contribution >= 0.6 is 11.5 Å². The fourth-order valence-electron chi connectivity index (χ4n) is 4.08. The van der Waals surface area contributed by atoms with E-state index >= 15 is 0 Å². The van der Waals surface area contributed by atoms with Gasteiger partial charge in [0.25, 0.3) is 0 Å². The van der Waals surface area contributed by atoms with E-state index in [2.05, 4.69) is 54.6 Å². The topological polar surface area (TPSA) is 141 Å². The number of halogens is 1. The van der Waals surface area contributed by atoms with Gasteiger partial charge in [-0.3, -0.25) is 19.0 Å². The second-order valence-electron chi connectivity index (χ2n) is 9.65. The summed E-state index contributed by atoms with van der Waals surface area (Å²) in [5.74, 6) is 0.200. The largest absolute Gasteiger partial charge is 0.396 e. The summed E-state index contributed by atoms with van der Waals surface area (Å²) in [6.07, 6.45) is 10.6. The van der Waals surface area contributed by atoms with Gasteiger partial charge in [0.05, 0.1) is 54.5 Å². The number of carbonyl (C=O) groups is 1. The summed E-state index contributed by atoms with van der Waals surface area (Å²) < 4.78 is 25.9. The maximum atomic E-state index is 12.1. The van der Waals surface area contributed by atoms with Crippen LogP contribution in [0.3, 0.4) is 0 Å². The van der Waals surface area contributed by atoms with Crippen molar-refractivity contribution in [3.8, 4) is 11.3 Å². The number of imidazole rings is 1. The summed E-state index contributed by atoms with van der Waals surface area (Å²) >= 11 is 1.41. The fourth-order valence-corrected chi connectivity index (χ4v) is 4.74. The molecule has 0 radical (unpaired) electrons. The third kappa shape index (κ3) is 9.36. The third-order valence-electron chi connectivity index (χ3n) is 6.23. The first kappa shape index (κ1) is 34.2. The van der Waals surface area contributed by atoms with Crippen molar-refractivity contribution in [2.75, 3.05) is 30.8 Å². The number of pyridine rings is 1. The van der Waals surface area contributed by atoms with Crippen LogP contribution in [0.1, 0.15) is 46.0 Å². The van der Waals surface area contributed by atoms with Crippen molar-refractivity contribution in [2.24, 2.45) is 0 Å². The van der Waals surface area contributed by atoms with Gasteiger partial charge in [-0.05, 0) is 51.4 Å². The van der Waals surface area contributed by atoms with E-state index in [1.54, 1.807) is 17.1 Å². The van der Waals surface area contributed by atoms with Gasteiger partial charge in [-0.25, -0.2) is 14.4 Å². The summed E-state index contributed by atoms with van der Waals surface area (Å²) in [7, 11) is 0. The van der Waals surface area contributed by atoms with Gasteiger partial charge < -0.3 is 20.6 Å². The Morgan fingerprint density at radius 3 is 2.68 bits per heavy atom. The molecule has 0 spiro atoms. The summed E-state index contributed by atoms with van der Waals surface area (Å²) in [6.45, 7) is 15.6. The zero-order valence-corrected chi connectivity index (χ0v) is 26.9. The van der Waals surface area contributed by atoms with Crippen molar-refractivity contribution in [1.82, 2.24) is 38.4 Å². The molecule has 5 aromatic heterocycles. The van der Waals surface area contributed by atoms with Gasteiger partial charge in [-0.2, -0.15) is 9.47 Å². The van der Waals surface area contributed by atoms with E-state index in [4.69, 9.17) is 10.5 Å². The first-order valence-electron chi connectivity index (χ1n) is 14.5. The van der Waals surface area contributed by atoms with Crippen molar-refractivity contribution in [3.05, 3.63) is 66.5 Å². The van der Waals surface area contributed by atoms with Crippen molar-refractivity contribution in [2.45, 2.75) is 60.7 Å². The van der Waals surface area contributed by atoms with Gasteiger partial charge in [0.15, 0.2) is 17.3 Å². The van der Waals surface area contributed by atoms with E-state index in [1.807, 2.05) is 44.5 Å². The predicted octanol–water partition coefficient (Wildman–Crippen LogP) is 5.38. The van der Waals surface area contributed by atoms with Crippen LogP contribution in [-0.2, 0) is 22.6 Å². The minimum atomic E-state index is -0.465. The van der Waals surface area contributed by atoms with Crippen molar-refractivity contribution in [1.29, 1.82) is 0 Å². The lowest BCUT2D eigenvalue weighted by Gasteiger charge is -2.25. The molecule has 0 aliphatic carbocycles. The normalized spacial score (nSPS) is 10.8. The van der Waals surface area contributed by atoms with E-state index in [0.29, 0.717) is 24.1 Å². The van der Waals surface area contributed by atoms with Crippen LogP contribution in [0, 0.1) is 12.7 Å². The molecule has 0 aliphatic rings. The van der Waals surface area contributed by atoms with Crippen LogP contribution in [-0.4, -0.2) is 70.5 Å². The summed E-state index contributed by atoms with van der Waals surface area (Å²) in [5, 5.41) is 8.55. The number of aryl methyl sites for hydroxylation is 1. The molecule has 0 aliphatic heterocycles. The Hall–Kier alpha value is -4.27. The van der Waals surface area contributed by atoms with Crippen molar-refractivity contribution in [3.63, 3.8) is 0 Å². The smallest absolute Gasteiger partial charge is 0.180 e. The summed E-state index contributed by atoms with van der Waals surface area (Å²) in [5.41, 5.74) is 9.57.